The van der Waals surface area contributed by atoms with Gasteiger partial charge in [-0.1, -0.05) is 6.42 Å². The highest BCUT2D eigenvalue weighted by Gasteiger charge is 2.27. The zero-order valence-electron chi connectivity index (χ0n) is 12.6. The van der Waals surface area contributed by atoms with Gasteiger partial charge in [0.2, 0.25) is 5.91 Å². The number of ether oxygens (including phenoxy) is 1. The molecule has 1 aromatic carbocycles. The first-order chi connectivity index (χ1) is 10.1. The lowest BCUT2D eigenvalue weighted by Gasteiger charge is -2.33. The molecule has 1 atom stereocenters. The van der Waals surface area contributed by atoms with Crippen molar-refractivity contribution in [2.75, 3.05) is 25.5 Å². The van der Waals surface area contributed by atoms with Gasteiger partial charge in [0, 0.05) is 5.69 Å². The first-order valence-corrected chi connectivity index (χ1v) is 7.28. The fourth-order valence-corrected chi connectivity index (χ4v) is 2.70. The molecule has 1 amide bonds. The van der Waals surface area contributed by atoms with E-state index in [0.29, 0.717) is 0 Å². The van der Waals surface area contributed by atoms with Crippen LogP contribution < -0.4 is 10.1 Å². The van der Waals surface area contributed by atoms with E-state index in [4.69, 9.17) is 4.74 Å². The number of amides is 1. The summed E-state index contributed by atoms with van der Waals surface area (Å²) in [6.45, 7) is 2.67. The molecule has 114 valence electrons. The first-order valence-electron chi connectivity index (χ1n) is 7.28. The largest absolute Gasteiger partial charge is 0.497 e. The van der Waals surface area contributed by atoms with Crippen LogP contribution in [0.4, 0.5) is 5.69 Å². The summed E-state index contributed by atoms with van der Waals surface area (Å²) in [6.07, 6.45) is 2.95. The Morgan fingerprint density at radius 3 is 2.62 bits per heavy atom. The number of carbonyl (C=O) groups is 2. The van der Waals surface area contributed by atoms with Crippen LogP contribution in [0.25, 0.3) is 0 Å². The number of methoxy groups -OCH3 is 1. The summed E-state index contributed by atoms with van der Waals surface area (Å²) in [4.78, 5) is 25.7. The second-order valence-electron chi connectivity index (χ2n) is 5.37. The number of likely N-dealkylation sites (tertiary alicyclic amines) is 1. The van der Waals surface area contributed by atoms with Crippen molar-refractivity contribution in [3.8, 4) is 5.75 Å². The summed E-state index contributed by atoms with van der Waals surface area (Å²) in [6, 6.07) is 7.09. The molecule has 21 heavy (non-hydrogen) atoms. The van der Waals surface area contributed by atoms with Crippen LogP contribution in [0, 0.1) is 0 Å². The highest BCUT2D eigenvalue weighted by atomic mass is 16.5. The van der Waals surface area contributed by atoms with E-state index in [9.17, 15) is 9.59 Å². The highest BCUT2D eigenvalue weighted by molar-refractivity contribution is 5.93. The van der Waals surface area contributed by atoms with E-state index in [-0.39, 0.29) is 24.3 Å². The van der Waals surface area contributed by atoms with Gasteiger partial charge in [-0.15, -0.1) is 0 Å². The maximum Gasteiger partial charge on any atom is 0.238 e. The lowest BCUT2D eigenvalue weighted by Crippen LogP contribution is -2.47. The van der Waals surface area contributed by atoms with Crippen LogP contribution in [0.5, 0.6) is 5.75 Å². The summed E-state index contributed by atoms with van der Waals surface area (Å²) in [5, 5.41) is 2.85. The number of Topliss-reactive ketones (excluding diaryl/α,β-unsaturated/α-hetero) is 1. The number of anilines is 1. The third-order valence-corrected chi connectivity index (χ3v) is 3.80. The quantitative estimate of drug-likeness (QED) is 0.902. The average molecular weight is 290 g/mol. The van der Waals surface area contributed by atoms with Gasteiger partial charge in [-0.2, -0.15) is 0 Å². The number of carbonyl (C=O) groups excluding carboxylic acids is 2. The van der Waals surface area contributed by atoms with Gasteiger partial charge >= 0.3 is 0 Å². The Morgan fingerprint density at radius 2 is 2.00 bits per heavy atom. The van der Waals surface area contributed by atoms with Gasteiger partial charge in [-0.3, -0.25) is 14.5 Å². The second kappa shape index (κ2) is 7.22. The summed E-state index contributed by atoms with van der Waals surface area (Å²) in [7, 11) is 1.60. The predicted octanol–water partition coefficient (Wildman–Crippen LogP) is 2.08. The fourth-order valence-electron chi connectivity index (χ4n) is 2.70. The summed E-state index contributed by atoms with van der Waals surface area (Å²) in [5.41, 5.74) is 0.734. The molecule has 5 nitrogen and oxygen atoms in total. The van der Waals surface area contributed by atoms with Crippen molar-refractivity contribution in [3.05, 3.63) is 24.3 Å². The Hall–Kier alpha value is -1.88. The molecule has 0 saturated carbocycles. The number of rotatable bonds is 5. The lowest BCUT2D eigenvalue weighted by molar-refractivity contribution is -0.125. The second-order valence-corrected chi connectivity index (χ2v) is 5.37. The molecule has 5 heteroatoms. The minimum atomic E-state index is -0.111. The average Bonchev–Trinajstić information content (AvgIpc) is 2.48. The fraction of sp³-hybridized carbons (Fsp3) is 0.500. The minimum Gasteiger partial charge on any atom is -0.497 e. The van der Waals surface area contributed by atoms with Gasteiger partial charge in [0.1, 0.15) is 11.5 Å². The summed E-state index contributed by atoms with van der Waals surface area (Å²) >= 11 is 0. The van der Waals surface area contributed by atoms with Crippen molar-refractivity contribution < 1.29 is 14.3 Å². The zero-order chi connectivity index (χ0) is 15.2. The zero-order valence-corrected chi connectivity index (χ0v) is 12.6. The van der Waals surface area contributed by atoms with Gasteiger partial charge in [0.15, 0.2) is 0 Å². The SMILES string of the molecule is COc1ccc(NC(=O)CN2CCCCC2C(C)=O)cc1. The van der Waals surface area contributed by atoms with Crippen molar-refractivity contribution in [1.29, 1.82) is 0 Å². The lowest BCUT2D eigenvalue weighted by atomic mass is 9.99. The Morgan fingerprint density at radius 1 is 1.29 bits per heavy atom. The number of hydrogen-bond donors (Lipinski definition) is 1. The topological polar surface area (TPSA) is 58.6 Å². The number of benzene rings is 1. The Kier molecular flexibility index (Phi) is 5.33. The van der Waals surface area contributed by atoms with Crippen LogP contribution in [0.15, 0.2) is 24.3 Å². The molecule has 0 radical (unpaired) electrons. The molecule has 0 aromatic heterocycles. The van der Waals surface area contributed by atoms with Crippen molar-refractivity contribution in [1.82, 2.24) is 4.90 Å². The van der Waals surface area contributed by atoms with Gasteiger partial charge in [0.25, 0.3) is 0 Å². The van der Waals surface area contributed by atoms with Gasteiger partial charge in [-0.25, -0.2) is 0 Å². The molecule has 1 saturated heterocycles. The molecule has 1 aromatic rings. The number of piperidine rings is 1. The molecule has 0 spiro atoms. The van der Waals surface area contributed by atoms with E-state index in [0.717, 1.165) is 37.2 Å². The van der Waals surface area contributed by atoms with Crippen LogP contribution in [0.2, 0.25) is 0 Å². The maximum atomic E-state index is 12.1. The number of hydrogen-bond acceptors (Lipinski definition) is 4. The summed E-state index contributed by atoms with van der Waals surface area (Å²) < 4.78 is 5.08. The van der Waals surface area contributed by atoms with E-state index in [1.165, 1.54) is 0 Å². The van der Waals surface area contributed by atoms with Crippen LogP contribution in [0.3, 0.4) is 0 Å². The summed E-state index contributed by atoms with van der Waals surface area (Å²) in [5.74, 6) is 0.806. The number of nitrogens with one attached hydrogen (secondary N) is 1. The molecular formula is C16H22N2O3. The van der Waals surface area contributed by atoms with Crippen LogP contribution >= 0.6 is 0 Å². The molecule has 2 rings (SSSR count). The third kappa shape index (κ3) is 4.29. The first kappa shape index (κ1) is 15.5. The molecule has 1 fully saturated rings. The standard InChI is InChI=1S/C16H22N2O3/c1-12(19)15-5-3-4-10-18(15)11-16(20)17-13-6-8-14(21-2)9-7-13/h6-9,15H,3-5,10-11H2,1-2H3,(H,17,20). The van der Waals surface area contributed by atoms with E-state index in [1.807, 2.05) is 4.90 Å². The molecule has 1 unspecified atom stereocenters. The van der Waals surface area contributed by atoms with Crippen molar-refractivity contribution in [2.45, 2.75) is 32.2 Å². The van der Waals surface area contributed by atoms with Gasteiger partial charge < -0.3 is 10.1 Å². The van der Waals surface area contributed by atoms with E-state index in [2.05, 4.69) is 5.32 Å². The normalized spacial score (nSPS) is 19.0. The van der Waals surface area contributed by atoms with Crippen molar-refractivity contribution >= 4 is 17.4 Å². The van der Waals surface area contributed by atoms with E-state index in [1.54, 1.807) is 38.3 Å². The van der Waals surface area contributed by atoms with Gasteiger partial charge in [0.05, 0.1) is 19.7 Å². The van der Waals surface area contributed by atoms with Crippen LogP contribution in [-0.2, 0) is 9.59 Å². The highest BCUT2D eigenvalue weighted by Crippen LogP contribution is 2.18. The molecular weight excluding hydrogens is 268 g/mol. The number of nitrogens with zero attached hydrogens (tertiary/aromatic N) is 1. The maximum absolute atomic E-state index is 12.1. The van der Waals surface area contributed by atoms with E-state index < -0.39 is 0 Å². The Balaban J connectivity index is 1.92. The Bertz CT molecular complexity index is 499. The molecule has 1 N–H and O–H groups in total. The van der Waals surface area contributed by atoms with Gasteiger partial charge in [-0.05, 0) is 50.6 Å². The monoisotopic (exact) mass is 290 g/mol. The molecule has 1 aliphatic rings. The smallest absolute Gasteiger partial charge is 0.238 e. The minimum absolute atomic E-state index is 0.0895. The Labute approximate surface area is 125 Å². The number of ketones is 1. The van der Waals surface area contributed by atoms with Crippen molar-refractivity contribution in [2.24, 2.45) is 0 Å². The predicted molar refractivity (Wildman–Crippen MR) is 81.5 cm³/mol. The molecule has 1 heterocycles. The van der Waals surface area contributed by atoms with Crippen LogP contribution in [0.1, 0.15) is 26.2 Å². The molecule has 0 aliphatic carbocycles. The molecule has 0 bridgehead atoms. The van der Waals surface area contributed by atoms with Crippen LogP contribution in [-0.4, -0.2) is 42.8 Å². The molecule has 1 aliphatic heterocycles. The third-order valence-electron chi connectivity index (χ3n) is 3.80. The van der Waals surface area contributed by atoms with E-state index >= 15 is 0 Å². The van der Waals surface area contributed by atoms with Crippen molar-refractivity contribution in [3.63, 3.8) is 0 Å².